The van der Waals surface area contributed by atoms with Crippen LogP contribution in [0.15, 0.2) is 47.3 Å². The number of nitrogens with one attached hydrogen (secondary N) is 2. The van der Waals surface area contributed by atoms with Gasteiger partial charge in [-0.1, -0.05) is 39.0 Å². The lowest BCUT2D eigenvalue weighted by molar-refractivity contribution is -0.121. The van der Waals surface area contributed by atoms with E-state index in [1.54, 1.807) is 36.4 Å². The van der Waals surface area contributed by atoms with Gasteiger partial charge in [-0.2, -0.15) is 0 Å². The van der Waals surface area contributed by atoms with E-state index in [4.69, 9.17) is 4.74 Å². The van der Waals surface area contributed by atoms with Crippen LogP contribution in [0.4, 0.5) is 5.69 Å². The molecule has 0 bridgehead atoms. The summed E-state index contributed by atoms with van der Waals surface area (Å²) in [4.78, 5) is 31.1. The van der Waals surface area contributed by atoms with Crippen molar-refractivity contribution >= 4 is 22.5 Å². The second-order valence-electron chi connectivity index (χ2n) is 7.55. The van der Waals surface area contributed by atoms with E-state index < -0.39 is 5.91 Å². The molecule has 1 heterocycles. The van der Waals surface area contributed by atoms with Crippen molar-refractivity contribution < 1.29 is 14.6 Å². The van der Waals surface area contributed by atoms with Crippen LogP contribution < -0.4 is 10.9 Å². The summed E-state index contributed by atoms with van der Waals surface area (Å²) in [6, 6.07) is 12.1. The molecular weight excluding hydrogens is 358 g/mol. The molecule has 0 unspecified atom stereocenters. The molecule has 0 aliphatic rings. The Morgan fingerprint density at radius 3 is 2.71 bits per heavy atom. The second-order valence-corrected chi connectivity index (χ2v) is 7.55. The number of hydrogen-bond donors (Lipinski definition) is 3. The summed E-state index contributed by atoms with van der Waals surface area (Å²) in [7, 11) is 0. The van der Waals surface area contributed by atoms with Gasteiger partial charge in [0, 0.05) is 0 Å². The molecule has 0 radical (unpaired) electrons. The van der Waals surface area contributed by atoms with Gasteiger partial charge in [0.25, 0.3) is 5.56 Å². The van der Waals surface area contributed by atoms with Crippen LogP contribution >= 0.6 is 0 Å². The molecule has 7 nitrogen and oxygen atoms in total. The van der Waals surface area contributed by atoms with E-state index in [9.17, 15) is 14.7 Å². The molecule has 1 aromatic heterocycles. The highest BCUT2D eigenvalue weighted by atomic mass is 16.5. The van der Waals surface area contributed by atoms with E-state index in [0.717, 1.165) is 5.56 Å². The molecule has 0 aliphatic carbocycles. The molecule has 7 heteroatoms. The summed E-state index contributed by atoms with van der Waals surface area (Å²) in [6.07, 6.45) is 0. The number of carbonyl (C=O) groups excluding carboxylic acids is 1. The molecule has 3 N–H and O–H groups in total. The largest absolute Gasteiger partial charge is 0.506 e. The first-order valence-electron chi connectivity index (χ1n) is 8.93. The van der Waals surface area contributed by atoms with E-state index in [1.165, 1.54) is 0 Å². The fourth-order valence-corrected chi connectivity index (χ4v) is 2.73. The third-order valence-corrected chi connectivity index (χ3v) is 4.27. The number of aromatic nitrogens is 2. The molecule has 3 aromatic rings. The number of aromatic amines is 1. The number of benzene rings is 2. The van der Waals surface area contributed by atoms with Gasteiger partial charge >= 0.3 is 0 Å². The van der Waals surface area contributed by atoms with Crippen molar-refractivity contribution in [1.29, 1.82) is 0 Å². The Bertz CT molecular complexity index is 1070. The van der Waals surface area contributed by atoms with Crippen molar-refractivity contribution in [2.45, 2.75) is 32.8 Å². The highest BCUT2D eigenvalue weighted by molar-refractivity contribution is 5.93. The molecule has 0 aliphatic heterocycles. The number of aromatic hydroxyl groups is 1. The fraction of sp³-hybridized carbons (Fsp3) is 0.286. The lowest BCUT2D eigenvalue weighted by Gasteiger charge is -2.20. The number of fused-ring (bicyclic) bond motifs is 1. The number of rotatable bonds is 5. The van der Waals surface area contributed by atoms with Gasteiger partial charge in [0.05, 0.1) is 16.6 Å². The van der Waals surface area contributed by atoms with Crippen LogP contribution in [0.5, 0.6) is 5.75 Å². The number of anilines is 1. The first-order valence-corrected chi connectivity index (χ1v) is 8.93. The van der Waals surface area contributed by atoms with Crippen LogP contribution in [-0.2, 0) is 21.6 Å². The van der Waals surface area contributed by atoms with Gasteiger partial charge in [0.15, 0.2) is 0 Å². The van der Waals surface area contributed by atoms with E-state index in [2.05, 4.69) is 15.3 Å². The van der Waals surface area contributed by atoms with Gasteiger partial charge in [-0.05, 0) is 35.2 Å². The van der Waals surface area contributed by atoms with Crippen LogP contribution in [0.3, 0.4) is 0 Å². The van der Waals surface area contributed by atoms with E-state index in [0.29, 0.717) is 22.4 Å². The predicted octanol–water partition coefficient (Wildman–Crippen LogP) is 3.08. The number of ether oxygens (including phenoxy) is 1. The molecule has 0 spiro atoms. The van der Waals surface area contributed by atoms with Gasteiger partial charge in [-0.3, -0.25) is 9.59 Å². The standard InChI is InChI=1S/C21H23N3O4/c1-21(2,3)13-8-9-17(25)16(10-13)23-19(26)12-28-11-18-22-15-7-5-4-6-14(15)20(27)24-18/h4-10,25H,11-12H2,1-3H3,(H,23,26)(H,22,24,27). The number of nitrogens with zero attached hydrogens (tertiary/aromatic N) is 1. The third kappa shape index (κ3) is 4.55. The van der Waals surface area contributed by atoms with Crippen LogP contribution in [0, 0.1) is 0 Å². The smallest absolute Gasteiger partial charge is 0.258 e. The molecule has 0 fully saturated rings. The normalized spacial score (nSPS) is 11.5. The maximum absolute atomic E-state index is 12.2. The molecule has 0 saturated carbocycles. The maximum Gasteiger partial charge on any atom is 0.258 e. The van der Waals surface area contributed by atoms with Crippen molar-refractivity contribution in [3.05, 3.63) is 64.2 Å². The van der Waals surface area contributed by atoms with Gasteiger partial charge in [-0.25, -0.2) is 4.98 Å². The highest BCUT2D eigenvalue weighted by Gasteiger charge is 2.16. The Kier molecular flexibility index (Phi) is 5.46. The summed E-state index contributed by atoms with van der Waals surface area (Å²) >= 11 is 0. The molecule has 3 rings (SSSR count). The quantitative estimate of drug-likeness (QED) is 0.589. The lowest BCUT2D eigenvalue weighted by Crippen LogP contribution is -2.20. The minimum absolute atomic E-state index is 0.0122. The highest BCUT2D eigenvalue weighted by Crippen LogP contribution is 2.30. The maximum atomic E-state index is 12.2. The summed E-state index contributed by atoms with van der Waals surface area (Å²) < 4.78 is 5.37. The Balaban J connectivity index is 1.62. The molecule has 0 atom stereocenters. The fourth-order valence-electron chi connectivity index (χ4n) is 2.73. The average Bonchev–Trinajstić information content (AvgIpc) is 2.63. The van der Waals surface area contributed by atoms with E-state index >= 15 is 0 Å². The Morgan fingerprint density at radius 1 is 1.21 bits per heavy atom. The monoisotopic (exact) mass is 381 g/mol. The zero-order valence-electron chi connectivity index (χ0n) is 16.1. The number of carbonyl (C=O) groups is 1. The third-order valence-electron chi connectivity index (χ3n) is 4.27. The average molecular weight is 381 g/mol. The van der Waals surface area contributed by atoms with Gasteiger partial charge in [0.2, 0.25) is 5.91 Å². The van der Waals surface area contributed by atoms with Crippen molar-refractivity contribution in [1.82, 2.24) is 9.97 Å². The topological polar surface area (TPSA) is 104 Å². The van der Waals surface area contributed by atoms with Crippen LogP contribution in [0.2, 0.25) is 0 Å². The minimum atomic E-state index is -0.413. The van der Waals surface area contributed by atoms with Crippen molar-refractivity contribution in [3.8, 4) is 5.75 Å². The lowest BCUT2D eigenvalue weighted by atomic mass is 9.87. The van der Waals surface area contributed by atoms with Crippen LogP contribution in [0.25, 0.3) is 10.9 Å². The zero-order chi connectivity index (χ0) is 20.3. The van der Waals surface area contributed by atoms with Crippen LogP contribution in [0.1, 0.15) is 32.2 Å². The van der Waals surface area contributed by atoms with Crippen molar-refractivity contribution in [3.63, 3.8) is 0 Å². The minimum Gasteiger partial charge on any atom is -0.506 e. The first kappa shape index (κ1) is 19.6. The summed E-state index contributed by atoms with van der Waals surface area (Å²) in [6.45, 7) is 5.89. The van der Waals surface area contributed by atoms with Crippen LogP contribution in [-0.4, -0.2) is 27.6 Å². The predicted molar refractivity (Wildman–Crippen MR) is 107 cm³/mol. The molecule has 146 valence electrons. The molecule has 28 heavy (non-hydrogen) atoms. The summed E-state index contributed by atoms with van der Waals surface area (Å²) in [5.74, 6) is -0.0829. The van der Waals surface area contributed by atoms with Crippen molar-refractivity contribution in [2.24, 2.45) is 0 Å². The number of H-pyrrole nitrogens is 1. The Labute approximate surface area is 162 Å². The number of phenols is 1. The molecule has 0 saturated heterocycles. The number of para-hydroxylation sites is 1. The molecule has 1 amide bonds. The summed E-state index contributed by atoms with van der Waals surface area (Å²) in [5.41, 5.74) is 1.52. The Morgan fingerprint density at radius 2 is 1.96 bits per heavy atom. The van der Waals surface area contributed by atoms with Gasteiger partial charge in [0.1, 0.15) is 24.8 Å². The van der Waals surface area contributed by atoms with E-state index in [1.807, 2.05) is 26.8 Å². The number of hydrogen-bond acceptors (Lipinski definition) is 5. The summed E-state index contributed by atoms with van der Waals surface area (Å²) in [5, 5.41) is 13.1. The molecule has 2 aromatic carbocycles. The van der Waals surface area contributed by atoms with Gasteiger partial charge in [-0.15, -0.1) is 0 Å². The SMILES string of the molecule is CC(C)(C)c1ccc(O)c(NC(=O)COCc2nc3ccccc3c(=O)[nH]2)c1. The zero-order valence-corrected chi connectivity index (χ0v) is 16.1. The second kappa shape index (κ2) is 7.82. The van der Waals surface area contributed by atoms with Gasteiger partial charge < -0.3 is 20.1 Å². The van der Waals surface area contributed by atoms with Crippen molar-refractivity contribution in [2.75, 3.05) is 11.9 Å². The Hall–Kier alpha value is -3.19. The number of amides is 1. The van der Waals surface area contributed by atoms with E-state index in [-0.39, 0.29) is 29.9 Å². The molecular formula is C21H23N3O4. The number of phenolic OH excluding ortho intramolecular Hbond substituents is 1. The first-order chi connectivity index (χ1) is 13.2.